The van der Waals surface area contributed by atoms with Crippen molar-refractivity contribution in [3.8, 4) is 0 Å². The van der Waals surface area contributed by atoms with Crippen molar-refractivity contribution in [1.82, 2.24) is 4.90 Å². The predicted octanol–water partition coefficient (Wildman–Crippen LogP) is 3.03. The van der Waals surface area contributed by atoms with Crippen LogP contribution >= 0.6 is 0 Å². The molecule has 148 valence electrons. The standard InChI is InChI=1S/C20H30N4O3/c1-14-5-9-22(10-6-14)18-4-3-17(13-19(18)24(26)27)20(25)23-11-7-16(8-12-23)15(2)21/h3-4,13-16H,5-12,21H2,1-2H3. The number of nitro benzene ring substituents is 1. The molecule has 27 heavy (non-hydrogen) atoms. The average Bonchev–Trinajstić information content (AvgIpc) is 2.67. The average molecular weight is 374 g/mol. The van der Waals surface area contributed by atoms with Crippen LogP contribution in [0.3, 0.4) is 0 Å². The Morgan fingerprint density at radius 1 is 1.19 bits per heavy atom. The summed E-state index contributed by atoms with van der Waals surface area (Å²) >= 11 is 0. The second-order valence-corrected chi connectivity index (χ2v) is 8.12. The summed E-state index contributed by atoms with van der Waals surface area (Å²) in [5, 5.41) is 11.6. The van der Waals surface area contributed by atoms with Gasteiger partial charge in [-0.1, -0.05) is 6.92 Å². The number of benzene rings is 1. The van der Waals surface area contributed by atoms with Crippen LogP contribution in [0.25, 0.3) is 0 Å². The summed E-state index contributed by atoms with van der Waals surface area (Å²) < 4.78 is 0. The van der Waals surface area contributed by atoms with E-state index >= 15 is 0 Å². The van der Waals surface area contributed by atoms with Crippen LogP contribution in [0.1, 0.15) is 49.9 Å². The highest BCUT2D eigenvalue weighted by Gasteiger charge is 2.28. The fraction of sp³-hybridized carbons (Fsp3) is 0.650. The van der Waals surface area contributed by atoms with Gasteiger partial charge in [-0.25, -0.2) is 0 Å². The fourth-order valence-corrected chi connectivity index (χ4v) is 4.13. The number of anilines is 1. The number of nitro groups is 1. The van der Waals surface area contributed by atoms with Gasteiger partial charge < -0.3 is 15.5 Å². The van der Waals surface area contributed by atoms with Crippen LogP contribution in [0.4, 0.5) is 11.4 Å². The van der Waals surface area contributed by atoms with E-state index in [1.807, 2.05) is 6.92 Å². The van der Waals surface area contributed by atoms with Crippen LogP contribution in [0.2, 0.25) is 0 Å². The highest BCUT2D eigenvalue weighted by atomic mass is 16.6. The van der Waals surface area contributed by atoms with Crippen molar-refractivity contribution in [2.45, 2.75) is 45.6 Å². The summed E-state index contributed by atoms with van der Waals surface area (Å²) in [6.45, 7) is 7.17. The Labute approximate surface area is 160 Å². The van der Waals surface area contributed by atoms with Crippen molar-refractivity contribution >= 4 is 17.3 Å². The number of likely N-dealkylation sites (tertiary alicyclic amines) is 1. The van der Waals surface area contributed by atoms with Crippen LogP contribution < -0.4 is 10.6 Å². The van der Waals surface area contributed by atoms with Crippen molar-refractivity contribution < 1.29 is 9.72 Å². The highest BCUT2D eigenvalue weighted by molar-refractivity contribution is 5.96. The first-order valence-corrected chi connectivity index (χ1v) is 9.95. The molecule has 1 aromatic carbocycles. The summed E-state index contributed by atoms with van der Waals surface area (Å²) in [6, 6.07) is 5.07. The molecule has 2 N–H and O–H groups in total. The molecule has 2 heterocycles. The predicted molar refractivity (Wildman–Crippen MR) is 106 cm³/mol. The molecule has 0 bridgehead atoms. The number of carbonyl (C=O) groups excluding carboxylic acids is 1. The quantitative estimate of drug-likeness (QED) is 0.646. The van der Waals surface area contributed by atoms with Crippen LogP contribution in [-0.2, 0) is 0 Å². The summed E-state index contributed by atoms with van der Waals surface area (Å²) in [4.78, 5) is 28.0. The van der Waals surface area contributed by atoms with Gasteiger partial charge in [-0.2, -0.15) is 0 Å². The molecule has 0 spiro atoms. The Bertz CT molecular complexity index is 690. The zero-order valence-corrected chi connectivity index (χ0v) is 16.3. The molecule has 2 aliphatic heterocycles. The van der Waals surface area contributed by atoms with E-state index in [0.29, 0.717) is 36.2 Å². The monoisotopic (exact) mass is 374 g/mol. The molecular weight excluding hydrogens is 344 g/mol. The molecule has 2 saturated heterocycles. The maximum atomic E-state index is 12.8. The summed E-state index contributed by atoms with van der Waals surface area (Å²) in [5.41, 5.74) is 7.02. The maximum Gasteiger partial charge on any atom is 0.293 e. The lowest BCUT2D eigenvalue weighted by Gasteiger charge is -2.34. The van der Waals surface area contributed by atoms with Gasteiger partial charge in [-0.15, -0.1) is 0 Å². The smallest absolute Gasteiger partial charge is 0.293 e. The molecule has 1 unspecified atom stereocenters. The first kappa shape index (κ1) is 19.6. The Morgan fingerprint density at radius 2 is 1.81 bits per heavy atom. The Morgan fingerprint density at radius 3 is 2.37 bits per heavy atom. The van der Waals surface area contributed by atoms with Gasteiger partial charge >= 0.3 is 0 Å². The lowest BCUT2D eigenvalue weighted by atomic mass is 9.90. The van der Waals surface area contributed by atoms with Gasteiger partial charge in [0.1, 0.15) is 5.69 Å². The zero-order chi connectivity index (χ0) is 19.6. The molecule has 0 aliphatic carbocycles. The van der Waals surface area contributed by atoms with Gasteiger partial charge in [0.25, 0.3) is 11.6 Å². The van der Waals surface area contributed by atoms with E-state index < -0.39 is 0 Å². The Balaban J connectivity index is 1.76. The minimum atomic E-state index is -0.369. The van der Waals surface area contributed by atoms with E-state index in [4.69, 9.17) is 5.73 Å². The van der Waals surface area contributed by atoms with E-state index in [1.165, 1.54) is 6.07 Å². The van der Waals surface area contributed by atoms with Crippen molar-refractivity contribution in [2.75, 3.05) is 31.1 Å². The third-order valence-corrected chi connectivity index (χ3v) is 6.11. The van der Waals surface area contributed by atoms with Crippen molar-refractivity contribution in [1.29, 1.82) is 0 Å². The molecule has 1 atom stereocenters. The van der Waals surface area contributed by atoms with Gasteiger partial charge in [0.15, 0.2) is 0 Å². The lowest BCUT2D eigenvalue weighted by Crippen LogP contribution is -2.42. The summed E-state index contributed by atoms with van der Waals surface area (Å²) in [7, 11) is 0. The van der Waals surface area contributed by atoms with Crippen LogP contribution in [0.5, 0.6) is 0 Å². The molecule has 0 radical (unpaired) electrons. The topological polar surface area (TPSA) is 92.7 Å². The van der Waals surface area contributed by atoms with E-state index in [9.17, 15) is 14.9 Å². The highest BCUT2D eigenvalue weighted by Crippen LogP contribution is 2.33. The van der Waals surface area contributed by atoms with E-state index in [-0.39, 0.29) is 22.6 Å². The van der Waals surface area contributed by atoms with Crippen molar-refractivity contribution in [3.63, 3.8) is 0 Å². The normalized spacial score (nSPS) is 20.6. The maximum absolute atomic E-state index is 12.8. The Hall–Kier alpha value is -2.15. The second kappa shape index (κ2) is 8.25. The van der Waals surface area contributed by atoms with Gasteiger partial charge in [-0.05, 0) is 56.6 Å². The molecule has 1 aromatic rings. The van der Waals surface area contributed by atoms with Gasteiger partial charge in [0.05, 0.1) is 4.92 Å². The molecule has 1 amide bonds. The number of hydrogen-bond donors (Lipinski definition) is 1. The molecule has 0 aromatic heterocycles. The SMILES string of the molecule is CC1CCN(c2ccc(C(=O)N3CCC(C(C)N)CC3)cc2[N+](=O)[O-])CC1. The number of hydrogen-bond acceptors (Lipinski definition) is 5. The van der Waals surface area contributed by atoms with Crippen LogP contribution in [0.15, 0.2) is 18.2 Å². The molecule has 0 saturated carbocycles. The number of carbonyl (C=O) groups is 1. The number of amides is 1. The molecular formula is C20H30N4O3. The minimum absolute atomic E-state index is 0.0286. The van der Waals surface area contributed by atoms with E-state index in [1.54, 1.807) is 17.0 Å². The first-order chi connectivity index (χ1) is 12.9. The number of rotatable bonds is 4. The molecule has 3 rings (SSSR count). The molecule has 2 aliphatic rings. The Kier molecular flexibility index (Phi) is 5.99. The van der Waals surface area contributed by atoms with Crippen LogP contribution in [0, 0.1) is 22.0 Å². The fourth-order valence-electron chi connectivity index (χ4n) is 4.13. The zero-order valence-electron chi connectivity index (χ0n) is 16.3. The molecule has 2 fully saturated rings. The van der Waals surface area contributed by atoms with Gasteiger partial charge in [0.2, 0.25) is 0 Å². The summed E-state index contributed by atoms with van der Waals surface area (Å²) in [5.74, 6) is 0.965. The van der Waals surface area contributed by atoms with Crippen LogP contribution in [-0.4, -0.2) is 48.0 Å². The third-order valence-electron chi connectivity index (χ3n) is 6.11. The first-order valence-electron chi connectivity index (χ1n) is 9.95. The van der Waals surface area contributed by atoms with Gasteiger partial charge in [0, 0.05) is 43.9 Å². The number of nitrogens with two attached hydrogens (primary N) is 1. The number of piperidine rings is 2. The molecule has 7 nitrogen and oxygen atoms in total. The third kappa shape index (κ3) is 4.40. The summed E-state index contributed by atoms with van der Waals surface area (Å²) in [6.07, 6.45) is 3.84. The van der Waals surface area contributed by atoms with Crippen molar-refractivity contribution in [3.05, 3.63) is 33.9 Å². The second-order valence-electron chi connectivity index (χ2n) is 8.12. The minimum Gasteiger partial charge on any atom is -0.366 e. The molecule has 7 heteroatoms. The van der Waals surface area contributed by atoms with Crippen molar-refractivity contribution in [2.24, 2.45) is 17.6 Å². The van der Waals surface area contributed by atoms with E-state index in [0.717, 1.165) is 38.8 Å². The number of nitrogens with zero attached hydrogens (tertiary/aromatic N) is 3. The van der Waals surface area contributed by atoms with Gasteiger partial charge in [-0.3, -0.25) is 14.9 Å². The van der Waals surface area contributed by atoms with E-state index in [2.05, 4.69) is 11.8 Å². The lowest BCUT2D eigenvalue weighted by molar-refractivity contribution is -0.384. The largest absolute Gasteiger partial charge is 0.366 e.